The van der Waals surface area contributed by atoms with E-state index in [9.17, 15) is 0 Å². The van der Waals surface area contributed by atoms with Crippen molar-refractivity contribution in [2.75, 3.05) is 37.4 Å². The molecular formula is C9H15ClN4O. The maximum absolute atomic E-state index is 6.01. The Morgan fingerprint density at radius 1 is 1.53 bits per heavy atom. The summed E-state index contributed by atoms with van der Waals surface area (Å²) in [6.07, 6.45) is 1.41. The van der Waals surface area contributed by atoms with Crippen LogP contribution in [0.25, 0.3) is 0 Å². The van der Waals surface area contributed by atoms with Crippen LogP contribution >= 0.6 is 11.6 Å². The number of rotatable bonds is 5. The van der Waals surface area contributed by atoms with E-state index in [1.807, 2.05) is 11.8 Å². The predicted molar refractivity (Wildman–Crippen MR) is 61.2 cm³/mol. The molecule has 1 aromatic heterocycles. The lowest BCUT2D eigenvalue weighted by molar-refractivity contribution is 0.205. The number of hydrogen-bond acceptors (Lipinski definition) is 5. The van der Waals surface area contributed by atoms with E-state index >= 15 is 0 Å². The minimum atomic E-state index is 0.303. The van der Waals surface area contributed by atoms with Gasteiger partial charge in [-0.25, -0.2) is 9.97 Å². The van der Waals surface area contributed by atoms with E-state index in [1.54, 1.807) is 7.11 Å². The highest BCUT2D eigenvalue weighted by atomic mass is 35.5. The molecule has 0 aliphatic rings. The molecule has 1 heterocycles. The largest absolute Gasteiger partial charge is 0.383 e. The van der Waals surface area contributed by atoms with Gasteiger partial charge in [0.05, 0.1) is 6.61 Å². The molecule has 0 unspecified atom stereocenters. The number of nitrogens with zero attached hydrogens (tertiary/aromatic N) is 3. The second-order valence-electron chi connectivity index (χ2n) is 2.97. The van der Waals surface area contributed by atoms with E-state index in [-0.39, 0.29) is 0 Å². The standard InChI is InChI=1S/C9H15ClN4O/c1-3-14(4-5-15-2)9-7(10)8(11)12-6-13-9/h6H,3-5H2,1-2H3,(H2,11,12,13). The molecule has 84 valence electrons. The number of aromatic nitrogens is 2. The van der Waals surface area contributed by atoms with Crippen molar-refractivity contribution in [2.24, 2.45) is 0 Å². The number of halogens is 1. The number of hydrogen-bond donors (Lipinski definition) is 1. The molecular weight excluding hydrogens is 216 g/mol. The number of likely N-dealkylation sites (N-methyl/N-ethyl adjacent to an activating group) is 1. The molecule has 2 N–H and O–H groups in total. The summed E-state index contributed by atoms with van der Waals surface area (Å²) in [5.74, 6) is 0.959. The third-order valence-corrected chi connectivity index (χ3v) is 2.41. The van der Waals surface area contributed by atoms with Gasteiger partial charge in [-0.1, -0.05) is 11.6 Å². The molecule has 6 heteroatoms. The summed E-state index contributed by atoms with van der Waals surface area (Å²) < 4.78 is 5.01. The Morgan fingerprint density at radius 2 is 2.27 bits per heavy atom. The van der Waals surface area contributed by atoms with Crippen molar-refractivity contribution in [1.29, 1.82) is 0 Å². The van der Waals surface area contributed by atoms with Gasteiger partial charge < -0.3 is 15.4 Å². The van der Waals surface area contributed by atoms with Gasteiger partial charge in [-0.05, 0) is 6.92 Å². The molecule has 0 fully saturated rings. The molecule has 0 bridgehead atoms. The highest BCUT2D eigenvalue weighted by molar-refractivity contribution is 6.35. The van der Waals surface area contributed by atoms with Crippen LogP contribution in [0.15, 0.2) is 6.33 Å². The van der Waals surface area contributed by atoms with Gasteiger partial charge in [0.15, 0.2) is 5.82 Å². The quantitative estimate of drug-likeness (QED) is 0.823. The molecule has 0 amide bonds. The smallest absolute Gasteiger partial charge is 0.153 e. The van der Waals surface area contributed by atoms with E-state index in [0.717, 1.165) is 13.1 Å². The third kappa shape index (κ3) is 2.94. The first-order valence-corrected chi connectivity index (χ1v) is 5.08. The Bertz CT molecular complexity index is 321. The van der Waals surface area contributed by atoms with Crippen molar-refractivity contribution in [3.63, 3.8) is 0 Å². The number of nitrogens with two attached hydrogens (primary N) is 1. The predicted octanol–water partition coefficient (Wildman–Crippen LogP) is 1.18. The van der Waals surface area contributed by atoms with Crippen molar-refractivity contribution in [3.8, 4) is 0 Å². The van der Waals surface area contributed by atoms with Gasteiger partial charge in [-0.2, -0.15) is 0 Å². The van der Waals surface area contributed by atoms with Crippen molar-refractivity contribution < 1.29 is 4.74 Å². The molecule has 0 aliphatic heterocycles. The molecule has 0 aliphatic carbocycles. The monoisotopic (exact) mass is 230 g/mol. The summed E-state index contributed by atoms with van der Waals surface area (Å²) in [4.78, 5) is 9.91. The van der Waals surface area contributed by atoms with Crippen molar-refractivity contribution in [1.82, 2.24) is 9.97 Å². The van der Waals surface area contributed by atoms with Gasteiger partial charge in [0.25, 0.3) is 0 Å². The van der Waals surface area contributed by atoms with Gasteiger partial charge in [-0.3, -0.25) is 0 Å². The van der Waals surface area contributed by atoms with Crippen LogP contribution in [0.5, 0.6) is 0 Å². The zero-order valence-corrected chi connectivity index (χ0v) is 9.66. The summed E-state index contributed by atoms with van der Waals surface area (Å²) in [5, 5.41) is 0.399. The highest BCUT2D eigenvalue weighted by Gasteiger charge is 2.12. The molecule has 0 saturated carbocycles. The average molecular weight is 231 g/mol. The van der Waals surface area contributed by atoms with Crippen molar-refractivity contribution >= 4 is 23.2 Å². The first kappa shape index (κ1) is 12.0. The van der Waals surface area contributed by atoms with Crippen LogP contribution in [0.2, 0.25) is 5.02 Å². The normalized spacial score (nSPS) is 10.3. The summed E-state index contributed by atoms with van der Waals surface area (Å²) in [6, 6.07) is 0. The summed E-state index contributed by atoms with van der Waals surface area (Å²) >= 11 is 6.01. The lowest BCUT2D eigenvalue weighted by Crippen LogP contribution is -2.28. The molecule has 0 saturated heterocycles. The zero-order valence-electron chi connectivity index (χ0n) is 8.90. The summed E-state index contributed by atoms with van der Waals surface area (Å²) in [6.45, 7) is 4.15. The molecule has 1 aromatic rings. The van der Waals surface area contributed by atoms with Crippen LogP contribution in [-0.4, -0.2) is 36.8 Å². The van der Waals surface area contributed by atoms with Gasteiger partial charge in [0.1, 0.15) is 17.2 Å². The second-order valence-corrected chi connectivity index (χ2v) is 3.35. The minimum Gasteiger partial charge on any atom is -0.383 e. The highest BCUT2D eigenvalue weighted by Crippen LogP contribution is 2.26. The van der Waals surface area contributed by atoms with Crippen LogP contribution in [-0.2, 0) is 4.74 Å². The topological polar surface area (TPSA) is 64.3 Å². The first-order valence-electron chi connectivity index (χ1n) is 4.70. The lowest BCUT2D eigenvalue weighted by Gasteiger charge is -2.22. The SMILES string of the molecule is CCN(CCOC)c1ncnc(N)c1Cl. The zero-order chi connectivity index (χ0) is 11.3. The summed E-state index contributed by atoms with van der Waals surface area (Å²) in [5.41, 5.74) is 5.60. The minimum absolute atomic E-state index is 0.303. The molecule has 15 heavy (non-hydrogen) atoms. The molecule has 0 radical (unpaired) electrons. The fourth-order valence-electron chi connectivity index (χ4n) is 1.21. The fraction of sp³-hybridized carbons (Fsp3) is 0.556. The number of ether oxygens (including phenoxy) is 1. The second kappa shape index (κ2) is 5.72. The van der Waals surface area contributed by atoms with Gasteiger partial charge in [0.2, 0.25) is 0 Å². The van der Waals surface area contributed by atoms with Gasteiger partial charge in [-0.15, -0.1) is 0 Å². The van der Waals surface area contributed by atoms with Gasteiger partial charge >= 0.3 is 0 Å². The maximum Gasteiger partial charge on any atom is 0.153 e. The molecule has 1 rings (SSSR count). The molecule has 0 spiro atoms. The average Bonchev–Trinajstić information content (AvgIpc) is 2.25. The maximum atomic E-state index is 6.01. The molecule has 5 nitrogen and oxygen atoms in total. The van der Waals surface area contributed by atoms with E-state index < -0.39 is 0 Å². The van der Waals surface area contributed by atoms with E-state index in [2.05, 4.69) is 9.97 Å². The first-order chi connectivity index (χ1) is 7.20. The molecule has 0 atom stereocenters. The molecule has 0 aromatic carbocycles. The van der Waals surface area contributed by atoms with Gasteiger partial charge in [0, 0.05) is 20.2 Å². The Morgan fingerprint density at radius 3 is 2.87 bits per heavy atom. The lowest BCUT2D eigenvalue weighted by atomic mass is 10.4. The van der Waals surface area contributed by atoms with Crippen molar-refractivity contribution in [3.05, 3.63) is 11.3 Å². The van der Waals surface area contributed by atoms with E-state index in [0.29, 0.717) is 23.3 Å². The van der Waals surface area contributed by atoms with Crippen molar-refractivity contribution in [2.45, 2.75) is 6.92 Å². The Balaban J connectivity index is 2.86. The number of nitrogen functional groups attached to an aromatic ring is 1. The Kier molecular flexibility index (Phi) is 4.58. The van der Waals surface area contributed by atoms with E-state index in [1.165, 1.54) is 6.33 Å². The fourth-order valence-corrected chi connectivity index (χ4v) is 1.43. The van der Waals surface area contributed by atoms with Crippen LogP contribution in [0, 0.1) is 0 Å². The Labute approximate surface area is 94.2 Å². The van der Waals surface area contributed by atoms with Crippen LogP contribution in [0.4, 0.5) is 11.6 Å². The number of anilines is 2. The van der Waals surface area contributed by atoms with E-state index in [4.69, 9.17) is 22.1 Å². The van der Waals surface area contributed by atoms with Crippen LogP contribution in [0.1, 0.15) is 6.92 Å². The Hall–Kier alpha value is -1.07. The summed E-state index contributed by atoms with van der Waals surface area (Å²) in [7, 11) is 1.66. The number of methoxy groups -OCH3 is 1. The third-order valence-electron chi connectivity index (χ3n) is 2.04. The van der Waals surface area contributed by atoms with Crippen LogP contribution < -0.4 is 10.6 Å². The van der Waals surface area contributed by atoms with Crippen LogP contribution in [0.3, 0.4) is 0 Å².